The van der Waals surface area contributed by atoms with Crippen molar-refractivity contribution < 1.29 is 22.7 Å². The number of pyridine rings is 1. The Balaban J connectivity index is 2.86. The van der Waals surface area contributed by atoms with Gasteiger partial charge >= 0.3 is 6.18 Å². The Labute approximate surface area is 143 Å². The number of rotatable bonds is 6. The predicted octanol–water partition coefficient (Wildman–Crippen LogP) is 3.83. The van der Waals surface area contributed by atoms with E-state index in [-0.39, 0.29) is 10.9 Å². The highest BCUT2D eigenvalue weighted by atomic mass is 35.5. The minimum atomic E-state index is -4.56. The van der Waals surface area contributed by atoms with Crippen LogP contribution in [0.5, 0.6) is 5.88 Å². The van der Waals surface area contributed by atoms with Crippen molar-refractivity contribution in [1.82, 2.24) is 10.3 Å². The molecule has 1 aromatic heterocycles. The van der Waals surface area contributed by atoms with Gasteiger partial charge in [-0.05, 0) is 25.8 Å². The second-order valence-electron chi connectivity index (χ2n) is 5.19. The Bertz CT molecular complexity index is 637. The average Bonchev–Trinajstić information content (AvgIpc) is 2.53. The van der Waals surface area contributed by atoms with E-state index in [1.54, 1.807) is 0 Å². The number of amides is 1. The van der Waals surface area contributed by atoms with Crippen molar-refractivity contribution in [2.75, 3.05) is 0 Å². The highest BCUT2D eigenvalue weighted by Crippen LogP contribution is 2.33. The van der Waals surface area contributed by atoms with Crippen LogP contribution in [-0.4, -0.2) is 22.5 Å². The molecule has 1 amide bonds. The minimum Gasteiger partial charge on any atom is -0.463 e. The van der Waals surface area contributed by atoms with Crippen LogP contribution in [0.25, 0.3) is 0 Å². The summed E-state index contributed by atoms with van der Waals surface area (Å²) in [6.07, 6.45) is 1.52. The molecule has 1 N–H and O–H groups in total. The van der Waals surface area contributed by atoms with Gasteiger partial charge in [-0.25, -0.2) is 4.98 Å². The maximum Gasteiger partial charge on any atom is 0.417 e. The van der Waals surface area contributed by atoms with E-state index >= 15 is 0 Å². The maximum absolute atomic E-state index is 12.6. The zero-order chi connectivity index (χ0) is 18.5. The van der Waals surface area contributed by atoms with Gasteiger partial charge in [0.2, 0.25) is 5.88 Å². The van der Waals surface area contributed by atoms with Gasteiger partial charge in [0.05, 0.1) is 5.56 Å². The largest absolute Gasteiger partial charge is 0.463 e. The molecule has 8 heteroatoms. The molecule has 24 heavy (non-hydrogen) atoms. The minimum absolute atomic E-state index is 0.258. The third-order valence-corrected chi connectivity index (χ3v) is 3.91. The summed E-state index contributed by atoms with van der Waals surface area (Å²) in [5.41, 5.74) is -1.80. The summed E-state index contributed by atoms with van der Waals surface area (Å²) in [7, 11) is 0. The first-order valence-electron chi connectivity index (χ1n) is 7.27. The molecule has 0 bridgehead atoms. The monoisotopic (exact) mass is 362 g/mol. The van der Waals surface area contributed by atoms with Crippen LogP contribution in [0.1, 0.15) is 39.2 Å². The Morgan fingerprint density at radius 3 is 2.46 bits per heavy atom. The molecule has 1 heterocycles. The number of nitrogens with zero attached hydrogens (tertiary/aromatic N) is 1. The molecule has 0 aromatic carbocycles. The second-order valence-corrected chi connectivity index (χ2v) is 5.60. The highest BCUT2D eigenvalue weighted by molar-refractivity contribution is 6.31. The normalized spacial score (nSPS) is 13.1. The zero-order valence-corrected chi connectivity index (χ0v) is 14.3. The molecule has 0 spiro atoms. The number of hydrogen-bond donors (Lipinski definition) is 1. The molecule has 132 valence electrons. The number of hydrogen-bond acceptors (Lipinski definition) is 3. The van der Waals surface area contributed by atoms with Gasteiger partial charge in [0, 0.05) is 6.20 Å². The van der Waals surface area contributed by atoms with E-state index in [1.807, 2.05) is 13.8 Å². The van der Waals surface area contributed by atoms with Gasteiger partial charge in [-0.15, -0.1) is 6.42 Å². The van der Waals surface area contributed by atoms with Crippen molar-refractivity contribution in [2.24, 2.45) is 0 Å². The summed E-state index contributed by atoms with van der Waals surface area (Å²) >= 11 is 5.75. The number of nitrogens with one attached hydrogen (secondary N) is 1. The standard InChI is InChI=1S/C16H18ClF3N2O2/c1-5-15(6-2,7-3)22-13(23)10(4)24-14-12(17)8-11(9-21-14)16(18,19)20/h1,8-10H,6-7H2,2-4H3,(H,22,23). The number of halogens is 4. The van der Waals surface area contributed by atoms with Crippen molar-refractivity contribution in [3.63, 3.8) is 0 Å². The highest BCUT2D eigenvalue weighted by Gasteiger charge is 2.32. The van der Waals surface area contributed by atoms with E-state index < -0.39 is 29.3 Å². The summed E-state index contributed by atoms with van der Waals surface area (Å²) in [6, 6.07) is 0.693. The van der Waals surface area contributed by atoms with Crippen LogP contribution < -0.4 is 10.1 Å². The van der Waals surface area contributed by atoms with Gasteiger partial charge in [-0.3, -0.25) is 4.79 Å². The quantitative estimate of drug-likeness (QED) is 0.782. The number of ether oxygens (including phenoxy) is 1. The SMILES string of the molecule is C#CC(CC)(CC)NC(=O)C(C)Oc1ncc(C(F)(F)F)cc1Cl. The fraction of sp³-hybridized carbons (Fsp3) is 0.500. The number of carbonyl (C=O) groups is 1. The van der Waals surface area contributed by atoms with Gasteiger partial charge in [0.25, 0.3) is 5.91 Å². The van der Waals surface area contributed by atoms with E-state index in [0.29, 0.717) is 25.1 Å². The van der Waals surface area contributed by atoms with Crippen molar-refractivity contribution in [3.8, 4) is 18.2 Å². The Kier molecular flexibility index (Phi) is 6.50. The van der Waals surface area contributed by atoms with Gasteiger partial charge in [-0.2, -0.15) is 13.2 Å². The average molecular weight is 363 g/mol. The smallest absolute Gasteiger partial charge is 0.417 e. The van der Waals surface area contributed by atoms with E-state index in [2.05, 4.69) is 16.2 Å². The van der Waals surface area contributed by atoms with Crippen molar-refractivity contribution in [1.29, 1.82) is 0 Å². The van der Waals surface area contributed by atoms with Crippen LogP contribution in [-0.2, 0) is 11.0 Å². The first-order chi connectivity index (χ1) is 11.1. The Morgan fingerprint density at radius 2 is 2.04 bits per heavy atom. The van der Waals surface area contributed by atoms with Crippen LogP contribution in [0.2, 0.25) is 5.02 Å². The molecule has 0 saturated heterocycles. The second kappa shape index (κ2) is 7.75. The molecule has 0 fully saturated rings. The molecule has 0 aliphatic heterocycles. The lowest BCUT2D eigenvalue weighted by atomic mass is 9.93. The molecular weight excluding hydrogens is 345 g/mol. The van der Waals surface area contributed by atoms with E-state index in [0.717, 1.165) is 0 Å². The van der Waals surface area contributed by atoms with Crippen LogP contribution >= 0.6 is 11.6 Å². The molecular formula is C16H18ClF3N2O2. The third kappa shape index (κ3) is 4.78. The maximum atomic E-state index is 12.6. The van der Waals surface area contributed by atoms with Gasteiger partial charge in [-0.1, -0.05) is 31.4 Å². The summed E-state index contributed by atoms with van der Waals surface area (Å²) < 4.78 is 43.0. The summed E-state index contributed by atoms with van der Waals surface area (Å²) in [5.74, 6) is 1.78. The molecule has 4 nitrogen and oxygen atoms in total. The molecule has 1 atom stereocenters. The Morgan fingerprint density at radius 1 is 1.46 bits per heavy atom. The van der Waals surface area contributed by atoms with Gasteiger partial charge < -0.3 is 10.1 Å². The van der Waals surface area contributed by atoms with Crippen LogP contribution in [0.15, 0.2) is 12.3 Å². The lowest BCUT2D eigenvalue weighted by Gasteiger charge is -2.28. The fourth-order valence-corrected chi connectivity index (χ4v) is 2.10. The lowest BCUT2D eigenvalue weighted by Crippen LogP contribution is -2.50. The molecule has 0 aliphatic carbocycles. The van der Waals surface area contributed by atoms with E-state index in [9.17, 15) is 18.0 Å². The number of aromatic nitrogens is 1. The van der Waals surface area contributed by atoms with Gasteiger partial charge in [0.15, 0.2) is 6.10 Å². The molecule has 1 rings (SSSR count). The third-order valence-electron chi connectivity index (χ3n) is 3.64. The first-order valence-corrected chi connectivity index (χ1v) is 7.65. The molecule has 1 aromatic rings. The van der Waals surface area contributed by atoms with Crippen molar-refractivity contribution >= 4 is 17.5 Å². The van der Waals surface area contributed by atoms with Crippen molar-refractivity contribution in [3.05, 3.63) is 22.8 Å². The summed E-state index contributed by atoms with van der Waals surface area (Å²) in [4.78, 5) is 15.7. The van der Waals surface area contributed by atoms with Crippen LogP contribution in [0.3, 0.4) is 0 Å². The topological polar surface area (TPSA) is 51.2 Å². The molecule has 0 radical (unpaired) electrons. The zero-order valence-electron chi connectivity index (χ0n) is 13.5. The fourth-order valence-electron chi connectivity index (χ4n) is 1.89. The van der Waals surface area contributed by atoms with Crippen LogP contribution in [0, 0.1) is 12.3 Å². The van der Waals surface area contributed by atoms with E-state index in [4.69, 9.17) is 22.8 Å². The van der Waals surface area contributed by atoms with E-state index in [1.165, 1.54) is 6.92 Å². The summed E-state index contributed by atoms with van der Waals surface area (Å²) in [6.45, 7) is 5.10. The lowest BCUT2D eigenvalue weighted by molar-refractivity contribution is -0.138. The predicted molar refractivity (Wildman–Crippen MR) is 84.6 cm³/mol. The van der Waals surface area contributed by atoms with Crippen LogP contribution in [0.4, 0.5) is 13.2 Å². The number of carbonyl (C=O) groups excluding carboxylic acids is 1. The molecule has 0 aliphatic rings. The number of terminal acetylenes is 1. The summed E-state index contributed by atoms with van der Waals surface area (Å²) in [5, 5.41) is 2.37. The number of alkyl halides is 3. The van der Waals surface area contributed by atoms with Gasteiger partial charge in [0.1, 0.15) is 10.6 Å². The molecule has 0 saturated carbocycles. The van der Waals surface area contributed by atoms with Crippen molar-refractivity contribution in [2.45, 2.75) is 51.4 Å². The molecule has 1 unspecified atom stereocenters. The Hall–Kier alpha value is -1.94. The first kappa shape index (κ1) is 20.1.